The third kappa shape index (κ3) is 6.74. The fourth-order valence-corrected chi connectivity index (χ4v) is 4.18. The van der Waals surface area contributed by atoms with Gasteiger partial charge in [0.1, 0.15) is 12.0 Å². The van der Waals surface area contributed by atoms with Crippen molar-refractivity contribution in [3.8, 4) is 17.2 Å². The topological polar surface area (TPSA) is 69.7 Å². The first-order valence-electron chi connectivity index (χ1n) is 12.6. The van der Waals surface area contributed by atoms with E-state index in [0.717, 1.165) is 41.0 Å². The largest absolute Gasteiger partial charge is 0.507 e. The van der Waals surface area contributed by atoms with Crippen molar-refractivity contribution in [3.63, 3.8) is 0 Å². The van der Waals surface area contributed by atoms with Gasteiger partial charge < -0.3 is 19.5 Å². The van der Waals surface area contributed by atoms with Crippen LogP contribution in [0.3, 0.4) is 0 Å². The summed E-state index contributed by atoms with van der Waals surface area (Å²) in [4.78, 5) is 6.96. The van der Waals surface area contributed by atoms with E-state index in [1.165, 1.54) is 5.56 Å². The van der Waals surface area contributed by atoms with E-state index in [-0.39, 0.29) is 10.8 Å². The lowest BCUT2D eigenvalue weighted by atomic mass is 9.78. The minimum Gasteiger partial charge on any atom is -0.507 e. The minimum atomic E-state index is -0.554. The molecule has 0 saturated carbocycles. The van der Waals surface area contributed by atoms with Gasteiger partial charge >= 0.3 is 0 Å². The Morgan fingerprint density at radius 3 is 2.06 bits per heavy atom. The van der Waals surface area contributed by atoms with Gasteiger partial charge in [0, 0.05) is 23.2 Å². The SMILES string of the molecule is CCN(C)Cc1ccc(C(O)CCc2coc(-c3cc(C(C)(C)C)c(O)c(C(C)(C)C)c3)n2)cc1. The van der Waals surface area contributed by atoms with Gasteiger partial charge in [-0.3, -0.25) is 0 Å². The molecule has 0 saturated heterocycles. The lowest BCUT2D eigenvalue weighted by molar-refractivity contribution is 0.167. The van der Waals surface area contributed by atoms with Gasteiger partial charge in [0.05, 0.1) is 11.8 Å². The smallest absolute Gasteiger partial charge is 0.226 e. The van der Waals surface area contributed by atoms with E-state index in [9.17, 15) is 10.2 Å². The Morgan fingerprint density at radius 1 is 0.971 bits per heavy atom. The predicted octanol–water partition coefficient (Wildman–Crippen LogP) is 6.76. The lowest BCUT2D eigenvalue weighted by Crippen LogP contribution is -2.17. The van der Waals surface area contributed by atoms with Crippen molar-refractivity contribution in [1.82, 2.24) is 9.88 Å². The molecule has 1 unspecified atom stereocenters. The summed E-state index contributed by atoms with van der Waals surface area (Å²) in [6.45, 7) is 16.6. The highest BCUT2D eigenvalue weighted by molar-refractivity contribution is 5.63. The molecule has 2 N–H and O–H groups in total. The summed E-state index contributed by atoms with van der Waals surface area (Å²) in [5.41, 5.74) is 5.14. The molecule has 1 atom stereocenters. The quantitative estimate of drug-likeness (QED) is 0.374. The Balaban J connectivity index is 1.75. The Morgan fingerprint density at radius 2 is 1.54 bits per heavy atom. The Hall–Kier alpha value is -2.63. The number of aromatic hydroxyl groups is 1. The summed E-state index contributed by atoms with van der Waals surface area (Å²) in [7, 11) is 2.10. The molecule has 2 aromatic carbocycles. The number of phenolic OH excluding ortho intramolecular Hbond substituents is 1. The normalized spacial score (nSPS) is 13.4. The number of rotatable bonds is 8. The molecule has 5 nitrogen and oxygen atoms in total. The number of benzene rings is 2. The van der Waals surface area contributed by atoms with Crippen LogP contribution in [0.2, 0.25) is 0 Å². The number of aliphatic hydroxyl groups is 1. The summed E-state index contributed by atoms with van der Waals surface area (Å²) in [5, 5.41) is 21.7. The zero-order chi connectivity index (χ0) is 26.0. The van der Waals surface area contributed by atoms with Crippen LogP contribution in [-0.2, 0) is 23.8 Å². The Bertz CT molecular complexity index is 1080. The van der Waals surface area contributed by atoms with Crippen LogP contribution in [0.25, 0.3) is 11.5 Å². The van der Waals surface area contributed by atoms with Gasteiger partial charge in [-0.1, -0.05) is 72.7 Å². The highest BCUT2D eigenvalue weighted by Gasteiger charge is 2.27. The van der Waals surface area contributed by atoms with Crippen LogP contribution in [-0.4, -0.2) is 33.7 Å². The maximum atomic E-state index is 11.0. The Kier molecular flexibility index (Phi) is 8.13. The molecule has 0 fully saturated rings. The first-order chi connectivity index (χ1) is 16.3. The van der Waals surface area contributed by atoms with E-state index in [2.05, 4.69) is 72.5 Å². The fraction of sp³-hybridized carbons (Fsp3) is 0.500. The first kappa shape index (κ1) is 27.0. The van der Waals surface area contributed by atoms with Gasteiger partial charge in [-0.2, -0.15) is 0 Å². The van der Waals surface area contributed by atoms with Crippen LogP contribution in [0.1, 0.15) is 88.9 Å². The average molecular weight is 479 g/mol. The van der Waals surface area contributed by atoms with Crippen molar-refractivity contribution < 1.29 is 14.6 Å². The monoisotopic (exact) mass is 478 g/mol. The van der Waals surface area contributed by atoms with E-state index in [1.54, 1.807) is 6.26 Å². The van der Waals surface area contributed by atoms with E-state index in [1.807, 2.05) is 24.3 Å². The standard InChI is InChI=1S/C30H42N2O3/c1-9-32(8)18-20-10-12-21(13-11-20)26(33)15-14-23-19-35-28(31-23)22-16-24(29(2,3)4)27(34)25(17-22)30(5,6)7/h10-13,16-17,19,26,33-34H,9,14-15,18H2,1-8H3. The van der Waals surface area contributed by atoms with Gasteiger partial charge in [0.2, 0.25) is 5.89 Å². The molecule has 35 heavy (non-hydrogen) atoms. The summed E-state index contributed by atoms with van der Waals surface area (Å²) in [6, 6.07) is 12.2. The number of nitrogens with zero attached hydrogens (tertiary/aromatic N) is 2. The second-order valence-corrected chi connectivity index (χ2v) is 11.7. The van der Waals surface area contributed by atoms with Crippen molar-refractivity contribution in [2.45, 2.75) is 84.8 Å². The van der Waals surface area contributed by atoms with Crippen LogP contribution in [0.4, 0.5) is 0 Å². The van der Waals surface area contributed by atoms with E-state index in [0.29, 0.717) is 24.5 Å². The third-order valence-electron chi connectivity index (χ3n) is 6.56. The molecule has 0 radical (unpaired) electrons. The van der Waals surface area contributed by atoms with Gasteiger partial charge in [0.15, 0.2) is 0 Å². The van der Waals surface area contributed by atoms with Gasteiger partial charge in [-0.25, -0.2) is 4.98 Å². The number of phenols is 1. The lowest BCUT2D eigenvalue weighted by Gasteiger charge is -2.27. The van der Waals surface area contributed by atoms with Crippen molar-refractivity contribution in [1.29, 1.82) is 0 Å². The van der Waals surface area contributed by atoms with Gasteiger partial charge in [0.25, 0.3) is 0 Å². The molecule has 0 aliphatic carbocycles. The number of aliphatic hydroxyl groups excluding tert-OH is 1. The number of aromatic nitrogens is 1. The van der Waals surface area contributed by atoms with E-state index >= 15 is 0 Å². The van der Waals surface area contributed by atoms with Crippen molar-refractivity contribution in [3.05, 3.63) is 70.6 Å². The van der Waals surface area contributed by atoms with E-state index in [4.69, 9.17) is 9.40 Å². The average Bonchev–Trinajstić information content (AvgIpc) is 3.25. The van der Waals surface area contributed by atoms with Crippen molar-refractivity contribution in [2.75, 3.05) is 13.6 Å². The molecule has 190 valence electrons. The predicted molar refractivity (Wildman–Crippen MR) is 143 cm³/mol. The van der Waals surface area contributed by atoms with Crippen LogP contribution < -0.4 is 0 Å². The number of aryl methyl sites for hydroxylation is 1. The van der Waals surface area contributed by atoms with Crippen LogP contribution in [0.5, 0.6) is 5.75 Å². The van der Waals surface area contributed by atoms with Gasteiger partial charge in [-0.05, 0) is 60.5 Å². The molecule has 0 amide bonds. The molecule has 0 bridgehead atoms. The molecular weight excluding hydrogens is 436 g/mol. The van der Waals surface area contributed by atoms with Crippen LogP contribution in [0.15, 0.2) is 47.1 Å². The Labute approximate surface area is 210 Å². The van der Waals surface area contributed by atoms with Crippen molar-refractivity contribution in [2.24, 2.45) is 0 Å². The molecule has 1 heterocycles. The first-order valence-corrected chi connectivity index (χ1v) is 12.6. The zero-order valence-corrected chi connectivity index (χ0v) is 22.6. The molecule has 0 aliphatic heterocycles. The molecule has 3 rings (SSSR count). The van der Waals surface area contributed by atoms with E-state index < -0.39 is 6.10 Å². The van der Waals surface area contributed by atoms with Crippen LogP contribution in [0, 0.1) is 0 Å². The number of hydrogen-bond donors (Lipinski definition) is 2. The second-order valence-electron chi connectivity index (χ2n) is 11.7. The summed E-state index contributed by atoms with van der Waals surface area (Å²) in [6.07, 6.45) is 2.30. The summed E-state index contributed by atoms with van der Waals surface area (Å²) in [5.74, 6) is 0.880. The zero-order valence-electron chi connectivity index (χ0n) is 22.6. The minimum absolute atomic E-state index is 0.221. The molecule has 0 aliphatic rings. The second kappa shape index (κ2) is 10.5. The van der Waals surface area contributed by atoms with Crippen LogP contribution >= 0.6 is 0 Å². The number of oxazole rings is 1. The summed E-state index contributed by atoms with van der Waals surface area (Å²) >= 11 is 0. The fourth-order valence-electron chi connectivity index (χ4n) is 4.18. The maximum Gasteiger partial charge on any atom is 0.226 e. The molecule has 1 aromatic heterocycles. The number of hydrogen-bond acceptors (Lipinski definition) is 5. The molecule has 3 aromatic rings. The molecule has 5 heteroatoms. The van der Waals surface area contributed by atoms with Crippen molar-refractivity contribution >= 4 is 0 Å². The third-order valence-corrected chi connectivity index (χ3v) is 6.56. The summed E-state index contributed by atoms with van der Waals surface area (Å²) < 4.78 is 5.85. The maximum absolute atomic E-state index is 11.0. The highest BCUT2D eigenvalue weighted by atomic mass is 16.3. The van der Waals surface area contributed by atoms with Gasteiger partial charge in [-0.15, -0.1) is 0 Å². The molecule has 0 spiro atoms. The molecular formula is C30H42N2O3. The highest BCUT2D eigenvalue weighted by Crippen LogP contribution is 2.41.